The number of nitrogens with zero attached hydrogens (tertiary/aromatic N) is 15. The first-order chi connectivity index (χ1) is 25.1. The van der Waals surface area contributed by atoms with Gasteiger partial charge in [0, 0.05) is 14.1 Å². The topological polar surface area (TPSA) is 284 Å². The van der Waals surface area contributed by atoms with Gasteiger partial charge in [0.25, 0.3) is 11.9 Å². The number of aliphatic hydroxyl groups is 1. The number of ether oxygens (including phenoxy) is 2. The Labute approximate surface area is 296 Å². The lowest BCUT2D eigenvalue weighted by Crippen LogP contribution is -2.14. The molecule has 0 unspecified atom stereocenters. The molecule has 22 nitrogen and oxygen atoms in total. The number of aliphatic hydroxyl groups excluding tert-OH is 1. The minimum Gasteiger partial charge on any atom is -0.467 e. The third-order valence-corrected chi connectivity index (χ3v) is 7.77. The normalized spacial score (nSPS) is 11.7. The lowest BCUT2D eigenvalue weighted by Gasteiger charge is -2.08. The number of anilines is 2. The molecule has 0 radical (unpaired) electrons. The Morgan fingerprint density at radius 3 is 1.69 bits per heavy atom. The van der Waals surface area contributed by atoms with Crippen LogP contribution in [0.3, 0.4) is 0 Å². The Morgan fingerprint density at radius 2 is 1.25 bits per heavy atom. The highest BCUT2D eigenvalue weighted by molar-refractivity contribution is 6.00. The molecule has 0 aliphatic heterocycles. The SMILES string of the molecule is CCCCc1nn(-c2nc(OC)nc(-n3nc(CCCC)c(N=Nc4c(C(=O)OC)cnn4C)c3N)n2)c(N)c1N=Nc1c(C(=O)CO)cnn1C. The van der Waals surface area contributed by atoms with Crippen LogP contribution in [-0.2, 0) is 31.7 Å². The molecule has 5 heterocycles. The third kappa shape index (κ3) is 7.35. The van der Waals surface area contributed by atoms with Crippen molar-refractivity contribution in [2.45, 2.75) is 52.4 Å². The highest BCUT2D eigenvalue weighted by atomic mass is 16.5. The number of nitrogens with two attached hydrogens (primary N) is 2. The fraction of sp³-hybridized carbons (Fsp3) is 0.433. The average Bonchev–Trinajstić information content (AvgIpc) is 3.89. The summed E-state index contributed by atoms with van der Waals surface area (Å²) in [4.78, 5) is 37.9. The summed E-state index contributed by atoms with van der Waals surface area (Å²) in [5, 5.41) is 44.1. The predicted molar refractivity (Wildman–Crippen MR) is 184 cm³/mol. The van der Waals surface area contributed by atoms with E-state index >= 15 is 0 Å². The van der Waals surface area contributed by atoms with E-state index in [1.165, 1.54) is 45.3 Å². The number of aryl methyl sites for hydroxylation is 4. The van der Waals surface area contributed by atoms with Crippen LogP contribution in [-0.4, -0.2) is 91.8 Å². The van der Waals surface area contributed by atoms with Crippen LogP contribution < -0.4 is 16.2 Å². The molecule has 0 aromatic carbocycles. The Balaban J connectivity index is 1.61. The minimum absolute atomic E-state index is 0.0374. The van der Waals surface area contributed by atoms with E-state index in [9.17, 15) is 14.7 Å². The van der Waals surface area contributed by atoms with Crippen LogP contribution in [0.2, 0.25) is 0 Å². The Kier molecular flexibility index (Phi) is 11.4. The zero-order chi connectivity index (χ0) is 37.5. The van der Waals surface area contributed by atoms with Crippen molar-refractivity contribution < 1.29 is 24.2 Å². The van der Waals surface area contributed by atoms with Crippen LogP contribution in [0.15, 0.2) is 32.9 Å². The van der Waals surface area contributed by atoms with Gasteiger partial charge in [-0.2, -0.15) is 44.7 Å². The number of rotatable bonds is 16. The Hall–Kier alpha value is -6.45. The van der Waals surface area contributed by atoms with Gasteiger partial charge in [-0.05, 0) is 25.7 Å². The summed E-state index contributed by atoms with van der Waals surface area (Å²) in [5.41, 5.74) is 14.9. The number of aromatic nitrogens is 11. The second-order valence-electron chi connectivity index (χ2n) is 11.3. The van der Waals surface area contributed by atoms with E-state index in [0.717, 1.165) is 25.7 Å². The molecule has 22 heteroatoms. The molecular weight excluding hydrogens is 678 g/mol. The number of carbonyl (C=O) groups excluding carboxylic acids is 2. The first kappa shape index (κ1) is 36.8. The van der Waals surface area contributed by atoms with Gasteiger partial charge in [-0.15, -0.1) is 20.5 Å². The summed E-state index contributed by atoms with van der Waals surface area (Å²) in [6.07, 6.45) is 6.85. The summed E-state index contributed by atoms with van der Waals surface area (Å²) in [6.45, 7) is 3.34. The number of unbranched alkanes of at least 4 members (excludes halogenated alkanes) is 2. The van der Waals surface area contributed by atoms with Gasteiger partial charge in [-0.25, -0.2) is 14.2 Å². The maximum absolute atomic E-state index is 12.3. The highest BCUT2D eigenvalue weighted by Gasteiger charge is 2.25. The molecule has 0 amide bonds. The number of Topliss-reactive ketones (excluding diaryl/α,β-unsaturated/α-hetero) is 1. The number of ketones is 1. The molecule has 274 valence electrons. The summed E-state index contributed by atoms with van der Waals surface area (Å²) in [7, 11) is 5.84. The lowest BCUT2D eigenvalue weighted by molar-refractivity contribution is 0.0601. The fourth-order valence-corrected chi connectivity index (χ4v) is 4.93. The van der Waals surface area contributed by atoms with Gasteiger partial charge >= 0.3 is 12.0 Å². The molecule has 0 atom stereocenters. The molecule has 5 aromatic heterocycles. The number of carbonyl (C=O) groups is 2. The minimum atomic E-state index is -0.717. The molecule has 0 spiro atoms. The van der Waals surface area contributed by atoms with Gasteiger partial charge in [-0.3, -0.25) is 4.79 Å². The van der Waals surface area contributed by atoms with Gasteiger partial charge in [0.2, 0.25) is 0 Å². The van der Waals surface area contributed by atoms with Crippen molar-refractivity contribution in [3.63, 3.8) is 0 Å². The third-order valence-electron chi connectivity index (χ3n) is 7.77. The number of azo groups is 2. The van der Waals surface area contributed by atoms with Crippen molar-refractivity contribution in [3.05, 3.63) is 34.9 Å². The smallest absolute Gasteiger partial charge is 0.343 e. The molecule has 0 bridgehead atoms. The summed E-state index contributed by atoms with van der Waals surface area (Å²) in [6, 6.07) is -0.0963. The maximum atomic E-state index is 12.3. The number of methoxy groups -OCH3 is 2. The summed E-state index contributed by atoms with van der Waals surface area (Å²) in [5.74, 6) is -0.897. The molecule has 0 fully saturated rings. The van der Waals surface area contributed by atoms with Crippen LogP contribution in [0.25, 0.3) is 11.9 Å². The Morgan fingerprint density at radius 1 is 0.769 bits per heavy atom. The van der Waals surface area contributed by atoms with Gasteiger partial charge in [0.15, 0.2) is 40.4 Å². The first-order valence-corrected chi connectivity index (χ1v) is 16.2. The summed E-state index contributed by atoms with van der Waals surface area (Å²) < 4.78 is 15.5. The van der Waals surface area contributed by atoms with E-state index in [1.54, 1.807) is 14.1 Å². The number of esters is 1. The molecule has 0 saturated carbocycles. The van der Waals surface area contributed by atoms with Gasteiger partial charge in [0.1, 0.15) is 12.2 Å². The van der Waals surface area contributed by atoms with Crippen LogP contribution >= 0.6 is 0 Å². The molecule has 0 saturated heterocycles. The van der Waals surface area contributed by atoms with Crippen molar-refractivity contribution in [1.82, 2.24) is 54.1 Å². The molecule has 0 aliphatic carbocycles. The largest absolute Gasteiger partial charge is 0.467 e. The van der Waals surface area contributed by atoms with Crippen molar-refractivity contribution >= 4 is 46.4 Å². The van der Waals surface area contributed by atoms with Crippen molar-refractivity contribution in [2.24, 2.45) is 34.6 Å². The van der Waals surface area contributed by atoms with E-state index in [-0.39, 0.29) is 63.7 Å². The zero-order valence-electron chi connectivity index (χ0n) is 29.5. The molecule has 5 aromatic rings. The molecule has 5 N–H and O–H groups in total. The van der Waals surface area contributed by atoms with Gasteiger partial charge in [-0.1, -0.05) is 26.7 Å². The van der Waals surface area contributed by atoms with Crippen molar-refractivity contribution in [1.29, 1.82) is 0 Å². The molecular formula is C30H39N17O5. The lowest BCUT2D eigenvalue weighted by atomic mass is 10.2. The van der Waals surface area contributed by atoms with E-state index in [2.05, 4.69) is 55.8 Å². The highest BCUT2D eigenvalue weighted by Crippen LogP contribution is 2.35. The monoisotopic (exact) mass is 717 g/mol. The van der Waals surface area contributed by atoms with Crippen molar-refractivity contribution in [2.75, 3.05) is 32.3 Å². The number of hydrogen-bond acceptors (Lipinski definition) is 18. The second-order valence-corrected chi connectivity index (χ2v) is 11.3. The van der Waals surface area contributed by atoms with Gasteiger partial charge in [0.05, 0.1) is 43.6 Å². The molecule has 0 aliphatic rings. The average molecular weight is 718 g/mol. The van der Waals surface area contributed by atoms with Crippen LogP contribution in [0.4, 0.5) is 34.6 Å². The molecule has 52 heavy (non-hydrogen) atoms. The van der Waals surface area contributed by atoms with E-state index in [4.69, 9.17) is 20.9 Å². The maximum Gasteiger partial charge on any atom is 0.343 e. The number of nitrogen functional groups attached to an aromatic ring is 2. The van der Waals surface area contributed by atoms with E-state index < -0.39 is 18.4 Å². The van der Waals surface area contributed by atoms with E-state index in [0.29, 0.717) is 24.2 Å². The first-order valence-electron chi connectivity index (χ1n) is 16.2. The van der Waals surface area contributed by atoms with Crippen molar-refractivity contribution in [3.8, 4) is 17.9 Å². The van der Waals surface area contributed by atoms with Crippen LogP contribution in [0, 0.1) is 0 Å². The predicted octanol–water partition coefficient (Wildman–Crippen LogP) is 3.36. The summed E-state index contributed by atoms with van der Waals surface area (Å²) >= 11 is 0. The zero-order valence-corrected chi connectivity index (χ0v) is 29.5. The Bertz CT molecular complexity index is 2000. The quantitative estimate of drug-likeness (QED) is 0.0749. The van der Waals surface area contributed by atoms with Gasteiger partial charge < -0.3 is 26.0 Å². The fourth-order valence-electron chi connectivity index (χ4n) is 4.93. The number of hydrogen-bond donors (Lipinski definition) is 3. The van der Waals surface area contributed by atoms with E-state index in [1.807, 2.05) is 13.8 Å². The standard InChI is InChI=1S/C30H39N17O5/c1-7-9-11-18-21(38-40-25-16(20(49)15-48)13-33-44(25)3)23(31)46(42-18)28-35-29(37-30(36-28)52-6)47-24(32)22(19(43-47)12-10-8-2)39-41-26-17(27(50)51-5)14-34-45(26)4/h13-14,48H,7-12,15,31-32H2,1-6H3. The van der Waals surface area contributed by atoms with Crippen LogP contribution in [0.1, 0.15) is 71.6 Å². The van der Waals surface area contributed by atoms with Crippen LogP contribution in [0.5, 0.6) is 6.01 Å². The molecule has 5 rings (SSSR count). The second kappa shape index (κ2) is 16.1.